The fraction of sp³-hybridized carbons (Fsp3) is 0.312. The number of fused-ring (bicyclic) bond motifs is 1. The van der Waals surface area contributed by atoms with E-state index in [0.29, 0.717) is 10.3 Å². The van der Waals surface area contributed by atoms with Crippen LogP contribution in [0.4, 0.5) is 5.69 Å². The van der Waals surface area contributed by atoms with Gasteiger partial charge >= 0.3 is 5.97 Å². The number of hydrogen-bond acceptors (Lipinski definition) is 6. The summed E-state index contributed by atoms with van der Waals surface area (Å²) in [7, 11) is 3.06. The molecule has 0 aliphatic carbocycles. The highest BCUT2D eigenvalue weighted by Gasteiger charge is 2.34. The second-order valence-electron chi connectivity index (χ2n) is 5.54. The molecule has 0 unspecified atom stereocenters. The van der Waals surface area contributed by atoms with Gasteiger partial charge in [-0.2, -0.15) is 5.10 Å². The molecular weight excluding hydrogens is 392 g/mol. The van der Waals surface area contributed by atoms with Gasteiger partial charge in [-0.3, -0.25) is 9.48 Å². The Morgan fingerprint density at radius 3 is 2.92 bits per heavy atom. The molecule has 2 aromatic rings. The SMILES string of the molecule is COC(=O)C1=C(Nc2cccc3c(Br)nn(C)c23)C(=O)N(CCO)C1. The van der Waals surface area contributed by atoms with E-state index in [-0.39, 0.29) is 36.9 Å². The summed E-state index contributed by atoms with van der Waals surface area (Å²) >= 11 is 3.40. The molecule has 1 aromatic heterocycles. The van der Waals surface area contributed by atoms with Crippen molar-refractivity contribution >= 4 is 44.4 Å². The first-order chi connectivity index (χ1) is 12.0. The summed E-state index contributed by atoms with van der Waals surface area (Å²) in [5, 5.41) is 17.4. The van der Waals surface area contributed by atoms with Crippen LogP contribution < -0.4 is 5.32 Å². The molecule has 0 radical (unpaired) electrons. The van der Waals surface area contributed by atoms with Crippen molar-refractivity contribution in [2.75, 3.05) is 32.1 Å². The van der Waals surface area contributed by atoms with Crippen molar-refractivity contribution in [3.63, 3.8) is 0 Å². The molecule has 3 rings (SSSR count). The molecule has 0 atom stereocenters. The first kappa shape index (κ1) is 17.4. The minimum Gasteiger partial charge on any atom is -0.466 e. The van der Waals surface area contributed by atoms with E-state index in [2.05, 4.69) is 26.3 Å². The summed E-state index contributed by atoms with van der Waals surface area (Å²) in [6.45, 7) is 0.0587. The standard InChI is InChI=1S/C16H17BrN4O4/c1-20-13-9(14(17)19-20)4-3-5-11(13)18-12-10(16(24)25-2)8-21(6-7-22)15(12)23/h3-5,18,22H,6-8H2,1-2H3. The Bertz CT molecular complexity index is 890. The quantitative estimate of drug-likeness (QED) is 0.716. The third-order valence-corrected chi connectivity index (χ3v) is 4.62. The van der Waals surface area contributed by atoms with Crippen LogP contribution in [0.25, 0.3) is 10.9 Å². The molecule has 0 bridgehead atoms. The zero-order valence-electron chi connectivity index (χ0n) is 13.7. The number of esters is 1. The normalized spacial score (nSPS) is 14.6. The number of aryl methyl sites for hydroxylation is 1. The van der Waals surface area contributed by atoms with Gasteiger partial charge in [-0.25, -0.2) is 4.79 Å². The van der Waals surface area contributed by atoms with Crippen LogP contribution in [0.1, 0.15) is 0 Å². The maximum atomic E-state index is 12.6. The topological polar surface area (TPSA) is 96.7 Å². The Morgan fingerprint density at radius 2 is 2.24 bits per heavy atom. The highest BCUT2D eigenvalue weighted by atomic mass is 79.9. The first-order valence-electron chi connectivity index (χ1n) is 7.57. The van der Waals surface area contributed by atoms with E-state index in [1.54, 1.807) is 17.8 Å². The van der Waals surface area contributed by atoms with Crippen LogP contribution in [0.15, 0.2) is 34.1 Å². The second-order valence-corrected chi connectivity index (χ2v) is 6.29. The van der Waals surface area contributed by atoms with Crippen molar-refractivity contribution in [1.82, 2.24) is 14.7 Å². The number of anilines is 1. The van der Waals surface area contributed by atoms with Crippen molar-refractivity contribution in [3.05, 3.63) is 34.1 Å². The number of rotatable bonds is 5. The molecule has 0 spiro atoms. The average Bonchev–Trinajstić information content (AvgIpc) is 3.06. The molecule has 1 aliphatic heterocycles. The number of aromatic nitrogens is 2. The molecule has 9 heteroatoms. The van der Waals surface area contributed by atoms with Crippen LogP contribution in [0, 0.1) is 0 Å². The van der Waals surface area contributed by atoms with Gasteiger partial charge in [0.2, 0.25) is 0 Å². The molecule has 25 heavy (non-hydrogen) atoms. The minimum atomic E-state index is -0.574. The lowest BCUT2D eigenvalue weighted by atomic mass is 10.2. The van der Waals surface area contributed by atoms with E-state index in [1.807, 2.05) is 12.1 Å². The summed E-state index contributed by atoms with van der Waals surface area (Å²) in [6, 6.07) is 5.54. The number of hydrogen-bond donors (Lipinski definition) is 2. The molecule has 8 nitrogen and oxygen atoms in total. The first-order valence-corrected chi connectivity index (χ1v) is 8.37. The molecule has 1 aliphatic rings. The third-order valence-electron chi connectivity index (χ3n) is 4.03. The van der Waals surface area contributed by atoms with Gasteiger partial charge in [0.25, 0.3) is 5.91 Å². The fourth-order valence-corrected chi connectivity index (χ4v) is 3.44. The molecule has 1 aromatic carbocycles. The van der Waals surface area contributed by atoms with E-state index in [4.69, 9.17) is 9.84 Å². The van der Waals surface area contributed by atoms with E-state index in [9.17, 15) is 9.59 Å². The number of amides is 1. The molecule has 0 fully saturated rings. The molecule has 1 amide bonds. The van der Waals surface area contributed by atoms with Gasteiger partial charge in [0.05, 0.1) is 37.0 Å². The fourth-order valence-electron chi connectivity index (χ4n) is 2.88. The Hall–Kier alpha value is -2.39. The van der Waals surface area contributed by atoms with Crippen molar-refractivity contribution < 1.29 is 19.4 Å². The summed E-state index contributed by atoms with van der Waals surface area (Å²) in [4.78, 5) is 26.1. The van der Waals surface area contributed by atoms with Crippen LogP contribution >= 0.6 is 15.9 Å². The lowest BCUT2D eigenvalue weighted by Gasteiger charge is -2.15. The van der Waals surface area contributed by atoms with E-state index >= 15 is 0 Å². The number of benzene rings is 1. The van der Waals surface area contributed by atoms with Gasteiger partial charge in [0, 0.05) is 19.0 Å². The van der Waals surface area contributed by atoms with Crippen molar-refractivity contribution in [1.29, 1.82) is 0 Å². The number of β-amino-alcohol motifs (C(OH)–C–C–N with tert-alkyl or cyclic N) is 1. The van der Waals surface area contributed by atoms with Crippen LogP contribution in [0.3, 0.4) is 0 Å². The predicted molar refractivity (Wildman–Crippen MR) is 94.7 cm³/mol. The highest BCUT2D eigenvalue weighted by Crippen LogP contribution is 2.31. The number of nitrogens with zero attached hydrogens (tertiary/aromatic N) is 3. The van der Waals surface area contributed by atoms with Gasteiger partial charge in [-0.15, -0.1) is 0 Å². The minimum absolute atomic E-state index is 0.0967. The second kappa shape index (κ2) is 6.85. The van der Waals surface area contributed by atoms with Gasteiger partial charge in [0.15, 0.2) is 0 Å². The van der Waals surface area contributed by atoms with Gasteiger partial charge < -0.3 is 20.1 Å². The largest absolute Gasteiger partial charge is 0.466 e. The molecular formula is C16H17BrN4O4. The Labute approximate surface area is 152 Å². The molecule has 0 saturated carbocycles. The van der Waals surface area contributed by atoms with E-state index in [1.165, 1.54) is 12.0 Å². The monoisotopic (exact) mass is 408 g/mol. The smallest absolute Gasteiger partial charge is 0.337 e. The Balaban J connectivity index is 2.05. The molecule has 132 valence electrons. The number of ether oxygens (including phenoxy) is 1. The zero-order chi connectivity index (χ0) is 18.1. The maximum Gasteiger partial charge on any atom is 0.337 e. The number of nitrogens with one attached hydrogen (secondary N) is 1. The van der Waals surface area contributed by atoms with E-state index < -0.39 is 5.97 Å². The van der Waals surface area contributed by atoms with Crippen LogP contribution in [-0.4, -0.2) is 58.5 Å². The number of para-hydroxylation sites is 1. The molecule has 2 heterocycles. The number of aliphatic hydroxyl groups excluding tert-OH is 1. The zero-order valence-corrected chi connectivity index (χ0v) is 15.3. The van der Waals surface area contributed by atoms with Crippen molar-refractivity contribution in [2.45, 2.75) is 0 Å². The number of aliphatic hydroxyl groups is 1. The Morgan fingerprint density at radius 1 is 1.48 bits per heavy atom. The Kier molecular flexibility index (Phi) is 4.78. The number of carbonyl (C=O) groups excluding carboxylic acids is 2. The van der Waals surface area contributed by atoms with Gasteiger partial charge in [0.1, 0.15) is 10.3 Å². The van der Waals surface area contributed by atoms with Gasteiger partial charge in [-0.1, -0.05) is 6.07 Å². The van der Waals surface area contributed by atoms with Crippen molar-refractivity contribution in [2.24, 2.45) is 7.05 Å². The van der Waals surface area contributed by atoms with Crippen LogP contribution in [0.5, 0.6) is 0 Å². The predicted octanol–water partition coefficient (Wildman–Crippen LogP) is 1.01. The summed E-state index contributed by atoms with van der Waals surface area (Å²) in [6.07, 6.45) is 0. The van der Waals surface area contributed by atoms with E-state index in [0.717, 1.165) is 10.9 Å². The summed E-state index contributed by atoms with van der Waals surface area (Å²) in [5.74, 6) is -0.928. The third kappa shape index (κ3) is 3.00. The maximum absolute atomic E-state index is 12.6. The van der Waals surface area contributed by atoms with Crippen LogP contribution in [-0.2, 0) is 21.4 Å². The highest BCUT2D eigenvalue weighted by molar-refractivity contribution is 9.10. The lowest BCUT2D eigenvalue weighted by molar-refractivity contribution is -0.136. The summed E-state index contributed by atoms with van der Waals surface area (Å²) in [5.41, 5.74) is 1.83. The average molecular weight is 409 g/mol. The number of methoxy groups -OCH3 is 1. The van der Waals surface area contributed by atoms with Crippen molar-refractivity contribution in [3.8, 4) is 0 Å². The number of halogens is 1. The van der Waals surface area contributed by atoms with Gasteiger partial charge in [-0.05, 0) is 28.1 Å². The van der Waals surface area contributed by atoms with Crippen LogP contribution in [0.2, 0.25) is 0 Å². The molecule has 0 saturated heterocycles. The number of carbonyl (C=O) groups is 2. The lowest BCUT2D eigenvalue weighted by Crippen LogP contribution is -2.31. The molecule has 2 N–H and O–H groups in total. The summed E-state index contributed by atoms with van der Waals surface area (Å²) < 4.78 is 7.16.